The van der Waals surface area contributed by atoms with E-state index in [-0.39, 0.29) is 0 Å². The normalized spacial score (nSPS) is 10.5. The van der Waals surface area contributed by atoms with Crippen molar-refractivity contribution in [2.24, 2.45) is 0 Å². The van der Waals surface area contributed by atoms with E-state index < -0.39 is 0 Å². The van der Waals surface area contributed by atoms with Crippen LogP contribution in [0.1, 0.15) is 24.9 Å². The van der Waals surface area contributed by atoms with Gasteiger partial charge in [0.25, 0.3) is 0 Å². The SMILES string of the molecule is CCCNc1ncnc(N(C)Cc2ccc(C)o2)c1OC. The standard InChI is InChI=1S/C15H22N4O2/c1-5-8-16-14-13(20-4)15(18-10-17-14)19(3)9-12-7-6-11(2)21-12/h6-7,10H,5,8-9H2,1-4H3,(H,16,17,18). The molecule has 21 heavy (non-hydrogen) atoms. The molecule has 0 radical (unpaired) electrons. The minimum absolute atomic E-state index is 0.619. The summed E-state index contributed by atoms with van der Waals surface area (Å²) in [7, 11) is 3.58. The Bertz CT molecular complexity index is 583. The zero-order valence-electron chi connectivity index (χ0n) is 13.0. The minimum Gasteiger partial charge on any atom is -0.490 e. The zero-order valence-corrected chi connectivity index (χ0v) is 13.0. The Labute approximate surface area is 125 Å². The molecule has 0 saturated heterocycles. The molecule has 0 unspecified atom stereocenters. The number of anilines is 2. The van der Waals surface area contributed by atoms with Gasteiger partial charge in [-0.3, -0.25) is 0 Å². The number of nitrogens with one attached hydrogen (secondary N) is 1. The fourth-order valence-electron chi connectivity index (χ4n) is 2.07. The maximum absolute atomic E-state index is 5.60. The Morgan fingerprint density at radius 3 is 2.76 bits per heavy atom. The molecule has 114 valence electrons. The average molecular weight is 290 g/mol. The highest BCUT2D eigenvalue weighted by molar-refractivity contribution is 5.64. The van der Waals surface area contributed by atoms with Gasteiger partial charge in [-0.2, -0.15) is 0 Å². The highest BCUT2D eigenvalue weighted by Crippen LogP contribution is 2.32. The minimum atomic E-state index is 0.619. The topological polar surface area (TPSA) is 63.4 Å². The third-order valence-corrected chi connectivity index (χ3v) is 3.08. The number of aryl methyl sites for hydroxylation is 1. The summed E-state index contributed by atoms with van der Waals surface area (Å²) >= 11 is 0. The van der Waals surface area contributed by atoms with E-state index in [1.54, 1.807) is 13.4 Å². The highest BCUT2D eigenvalue weighted by Gasteiger charge is 2.16. The van der Waals surface area contributed by atoms with Gasteiger partial charge >= 0.3 is 0 Å². The summed E-state index contributed by atoms with van der Waals surface area (Å²) in [4.78, 5) is 10.6. The number of furan rings is 1. The van der Waals surface area contributed by atoms with E-state index in [4.69, 9.17) is 9.15 Å². The number of nitrogens with zero attached hydrogens (tertiary/aromatic N) is 3. The average Bonchev–Trinajstić information content (AvgIpc) is 2.89. The van der Waals surface area contributed by atoms with Gasteiger partial charge in [0.2, 0.25) is 5.75 Å². The molecule has 6 nitrogen and oxygen atoms in total. The Morgan fingerprint density at radius 1 is 1.33 bits per heavy atom. The van der Waals surface area contributed by atoms with Crippen molar-refractivity contribution >= 4 is 11.6 Å². The van der Waals surface area contributed by atoms with Crippen LogP contribution in [0.2, 0.25) is 0 Å². The van der Waals surface area contributed by atoms with Gasteiger partial charge in [0, 0.05) is 13.6 Å². The van der Waals surface area contributed by atoms with Gasteiger partial charge in [-0.25, -0.2) is 9.97 Å². The second-order valence-electron chi connectivity index (χ2n) is 4.87. The van der Waals surface area contributed by atoms with Crippen LogP contribution in [0, 0.1) is 6.92 Å². The first-order chi connectivity index (χ1) is 10.2. The van der Waals surface area contributed by atoms with Crippen LogP contribution in [0.3, 0.4) is 0 Å². The summed E-state index contributed by atoms with van der Waals surface area (Å²) in [6.07, 6.45) is 2.56. The molecule has 0 bridgehead atoms. The monoisotopic (exact) mass is 290 g/mol. The lowest BCUT2D eigenvalue weighted by molar-refractivity contribution is 0.411. The van der Waals surface area contributed by atoms with Crippen molar-refractivity contribution in [3.8, 4) is 5.75 Å². The van der Waals surface area contributed by atoms with Crippen molar-refractivity contribution in [2.45, 2.75) is 26.8 Å². The van der Waals surface area contributed by atoms with E-state index in [0.29, 0.717) is 18.1 Å². The third kappa shape index (κ3) is 3.65. The Hall–Kier alpha value is -2.24. The molecule has 0 aliphatic rings. The lowest BCUT2D eigenvalue weighted by Crippen LogP contribution is -2.19. The summed E-state index contributed by atoms with van der Waals surface area (Å²) in [5.41, 5.74) is 0. The predicted molar refractivity (Wildman–Crippen MR) is 82.9 cm³/mol. The molecule has 0 aliphatic carbocycles. The number of aromatic nitrogens is 2. The van der Waals surface area contributed by atoms with Crippen molar-refractivity contribution in [2.75, 3.05) is 30.9 Å². The van der Waals surface area contributed by atoms with Crippen LogP contribution in [-0.4, -0.2) is 30.7 Å². The van der Waals surface area contributed by atoms with Gasteiger partial charge in [0.15, 0.2) is 11.6 Å². The summed E-state index contributed by atoms with van der Waals surface area (Å²) in [5, 5.41) is 3.25. The van der Waals surface area contributed by atoms with Crippen LogP contribution >= 0.6 is 0 Å². The number of methoxy groups -OCH3 is 1. The summed E-state index contributed by atoms with van der Waals surface area (Å²) in [6, 6.07) is 3.92. The lowest BCUT2D eigenvalue weighted by Gasteiger charge is -2.20. The van der Waals surface area contributed by atoms with Crippen molar-refractivity contribution in [1.29, 1.82) is 0 Å². The van der Waals surface area contributed by atoms with E-state index >= 15 is 0 Å². The Kier molecular flexibility index (Phi) is 5.03. The number of hydrogen-bond acceptors (Lipinski definition) is 6. The molecule has 0 fully saturated rings. The smallest absolute Gasteiger partial charge is 0.204 e. The molecular weight excluding hydrogens is 268 g/mol. The van der Waals surface area contributed by atoms with Gasteiger partial charge in [-0.1, -0.05) is 6.92 Å². The number of hydrogen-bond donors (Lipinski definition) is 1. The van der Waals surface area contributed by atoms with Gasteiger partial charge in [0.05, 0.1) is 13.7 Å². The summed E-state index contributed by atoms with van der Waals surface area (Å²) in [5.74, 6) is 3.89. The largest absolute Gasteiger partial charge is 0.490 e. The second-order valence-corrected chi connectivity index (χ2v) is 4.87. The quantitative estimate of drug-likeness (QED) is 0.846. The first-order valence-electron chi connectivity index (χ1n) is 7.05. The predicted octanol–water partition coefficient (Wildman–Crippen LogP) is 2.84. The van der Waals surface area contributed by atoms with Crippen molar-refractivity contribution in [3.05, 3.63) is 30.0 Å². The molecule has 6 heteroatoms. The molecule has 2 heterocycles. The first kappa shape index (κ1) is 15.2. The van der Waals surface area contributed by atoms with Gasteiger partial charge < -0.3 is 19.4 Å². The zero-order chi connectivity index (χ0) is 15.2. The molecule has 2 aromatic heterocycles. The first-order valence-corrected chi connectivity index (χ1v) is 7.05. The van der Waals surface area contributed by atoms with Crippen LogP contribution in [0.5, 0.6) is 5.75 Å². The van der Waals surface area contributed by atoms with Crippen molar-refractivity contribution in [3.63, 3.8) is 0 Å². The second kappa shape index (κ2) is 6.97. The number of ether oxygens (including phenoxy) is 1. The molecule has 1 N–H and O–H groups in total. The molecule has 0 amide bonds. The van der Waals surface area contributed by atoms with E-state index in [9.17, 15) is 0 Å². The summed E-state index contributed by atoms with van der Waals surface area (Å²) < 4.78 is 11.1. The number of rotatable bonds is 7. The van der Waals surface area contributed by atoms with E-state index in [2.05, 4.69) is 22.2 Å². The molecule has 0 aromatic carbocycles. The fraction of sp³-hybridized carbons (Fsp3) is 0.467. The van der Waals surface area contributed by atoms with Crippen molar-refractivity contribution in [1.82, 2.24) is 9.97 Å². The Morgan fingerprint density at radius 2 is 2.14 bits per heavy atom. The molecule has 0 saturated carbocycles. The Balaban J connectivity index is 2.21. The third-order valence-electron chi connectivity index (χ3n) is 3.08. The molecule has 2 aromatic rings. The van der Waals surface area contributed by atoms with Crippen LogP contribution in [0.25, 0.3) is 0 Å². The van der Waals surface area contributed by atoms with Crippen molar-refractivity contribution < 1.29 is 9.15 Å². The van der Waals surface area contributed by atoms with Crippen LogP contribution in [0.15, 0.2) is 22.9 Å². The van der Waals surface area contributed by atoms with E-state index in [1.165, 1.54) is 0 Å². The highest BCUT2D eigenvalue weighted by atomic mass is 16.5. The maximum Gasteiger partial charge on any atom is 0.204 e. The van der Waals surface area contributed by atoms with E-state index in [0.717, 1.165) is 30.3 Å². The van der Waals surface area contributed by atoms with Crippen LogP contribution in [-0.2, 0) is 6.54 Å². The van der Waals surface area contributed by atoms with Crippen LogP contribution < -0.4 is 15.0 Å². The van der Waals surface area contributed by atoms with Gasteiger partial charge in [0.1, 0.15) is 17.8 Å². The fourth-order valence-corrected chi connectivity index (χ4v) is 2.07. The molecular formula is C15H22N4O2. The maximum atomic E-state index is 5.60. The molecule has 0 spiro atoms. The van der Waals surface area contributed by atoms with Gasteiger partial charge in [-0.15, -0.1) is 0 Å². The lowest BCUT2D eigenvalue weighted by atomic mass is 10.3. The summed E-state index contributed by atoms with van der Waals surface area (Å²) in [6.45, 7) is 5.50. The van der Waals surface area contributed by atoms with Crippen LogP contribution in [0.4, 0.5) is 11.6 Å². The van der Waals surface area contributed by atoms with Gasteiger partial charge in [-0.05, 0) is 25.5 Å². The van der Waals surface area contributed by atoms with E-state index in [1.807, 2.05) is 31.0 Å². The molecule has 0 atom stereocenters. The molecule has 0 aliphatic heterocycles. The molecule has 2 rings (SSSR count).